The Labute approximate surface area is 145 Å². The molecule has 1 saturated carbocycles. The maximum atomic E-state index is 13.9. The van der Waals surface area contributed by atoms with Crippen LogP contribution in [0.4, 0.5) is 21.8 Å². The number of carbonyl (C=O) groups excluding carboxylic acids is 1. The van der Waals surface area contributed by atoms with E-state index in [4.69, 9.17) is 16.2 Å². The largest absolute Gasteiger partial charge is 0.394 e. The van der Waals surface area contributed by atoms with E-state index in [-0.39, 0.29) is 30.5 Å². The lowest BCUT2D eigenvalue weighted by atomic mass is 9.85. The number of aromatic nitrogens is 2. The summed E-state index contributed by atoms with van der Waals surface area (Å²) in [5.74, 6) is 0.594. The third-order valence-electron chi connectivity index (χ3n) is 4.89. The van der Waals surface area contributed by atoms with Crippen molar-refractivity contribution in [1.29, 1.82) is 0 Å². The third-order valence-corrected chi connectivity index (χ3v) is 4.89. The average Bonchev–Trinajstić information content (AvgIpc) is 2.60. The number of nitrogen functional groups attached to an aromatic ring is 1. The maximum absolute atomic E-state index is 13.9. The van der Waals surface area contributed by atoms with E-state index in [1.54, 1.807) is 0 Å². The van der Waals surface area contributed by atoms with E-state index < -0.39 is 6.17 Å². The van der Waals surface area contributed by atoms with Crippen molar-refractivity contribution in [2.24, 2.45) is 11.7 Å². The normalized spacial score (nSPS) is 29.8. The topological polar surface area (TPSA) is 128 Å². The molecule has 1 aromatic rings. The van der Waals surface area contributed by atoms with Gasteiger partial charge in [-0.25, -0.2) is 9.37 Å². The fraction of sp³-hybridized carbons (Fsp3) is 0.688. The number of nitrogens with one attached hydrogen (secondary N) is 2. The van der Waals surface area contributed by atoms with E-state index in [1.807, 2.05) is 0 Å². The van der Waals surface area contributed by atoms with Crippen LogP contribution in [0.25, 0.3) is 0 Å². The first-order valence-corrected chi connectivity index (χ1v) is 8.69. The second-order valence-electron chi connectivity index (χ2n) is 6.72. The number of carbonyl (C=O) groups is 1. The number of anilines is 3. The molecule has 2 atom stereocenters. The molecular weight excluding hydrogens is 327 g/mol. The molecule has 0 bridgehead atoms. The van der Waals surface area contributed by atoms with Crippen LogP contribution in [0, 0.1) is 5.92 Å². The highest BCUT2D eigenvalue weighted by Gasteiger charge is 2.27. The van der Waals surface area contributed by atoms with E-state index in [2.05, 4.69) is 20.6 Å². The van der Waals surface area contributed by atoms with Gasteiger partial charge < -0.3 is 26.8 Å². The molecule has 3 rings (SSSR count). The molecular formula is C16H25FN6O2. The minimum absolute atomic E-state index is 0.0481. The van der Waals surface area contributed by atoms with Gasteiger partial charge in [0.15, 0.2) is 5.82 Å². The number of primary amides is 1. The SMILES string of the molecule is Nc1cnc(N[C@@H]2CCOC[C@H]2F)nc1N[C@H]1CC[C@H](C(N)=O)CC1. The Kier molecular flexibility index (Phi) is 5.52. The summed E-state index contributed by atoms with van der Waals surface area (Å²) in [6, 6.07) is -0.186. The average molecular weight is 352 g/mol. The zero-order valence-electron chi connectivity index (χ0n) is 14.1. The first kappa shape index (κ1) is 17.7. The molecule has 0 aromatic carbocycles. The molecule has 0 spiro atoms. The number of hydrogen-bond acceptors (Lipinski definition) is 7. The second-order valence-corrected chi connectivity index (χ2v) is 6.72. The van der Waals surface area contributed by atoms with Crippen LogP contribution in [0.15, 0.2) is 6.20 Å². The molecule has 2 aliphatic rings. The first-order valence-electron chi connectivity index (χ1n) is 8.69. The second kappa shape index (κ2) is 7.81. The van der Waals surface area contributed by atoms with Crippen molar-refractivity contribution in [1.82, 2.24) is 9.97 Å². The number of ether oxygens (including phenoxy) is 1. The number of rotatable bonds is 5. The minimum atomic E-state index is -1.09. The zero-order chi connectivity index (χ0) is 17.8. The molecule has 1 amide bonds. The predicted molar refractivity (Wildman–Crippen MR) is 92.8 cm³/mol. The Morgan fingerprint density at radius 1 is 1.24 bits per heavy atom. The van der Waals surface area contributed by atoms with Crippen LogP contribution in [-0.4, -0.2) is 47.3 Å². The van der Waals surface area contributed by atoms with Crippen LogP contribution in [0.3, 0.4) is 0 Å². The summed E-state index contributed by atoms with van der Waals surface area (Å²) in [6.07, 6.45) is 4.16. The van der Waals surface area contributed by atoms with Gasteiger partial charge in [-0.15, -0.1) is 0 Å². The summed E-state index contributed by atoms with van der Waals surface area (Å²) < 4.78 is 19.0. The molecule has 6 N–H and O–H groups in total. The van der Waals surface area contributed by atoms with Gasteiger partial charge in [0.05, 0.1) is 24.5 Å². The first-order chi connectivity index (χ1) is 12.0. The Balaban J connectivity index is 1.61. The van der Waals surface area contributed by atoms with Gasteiger partial charge in [0, 0.05) is 18.6 Å². The van der Waals surface area contributed by atoms with E-state index in [0.717, 1.165) is 25.7 Å². The summed E-state index contributed by atoms with van der Waals surface area (Å²) >= 11 is 0. The van der Waals surface area contributed by atoms with Crippen molar-refractivity contribution in [2.75, 3.05) is 29.6 Å². The van der Waals surface area contributed by atoms with Crippen LogP contribution in [-0.2, 0) is 9.53 Å². The Morgan fingerprint density at radius 3 is 2.68 bits per heavy atom. The number of alkyl halides is 1. The summed E-state index contributed by atoms with van der Waals surface area (Å²) in [6.45, 7) is 0.599. The molecule has 1 aliphatic carbocycles. The summed E-state index contributed by atoms with van der Waals surface area (Å²) in [4.78, 5) is 19.8. The Hall–Kier alpha value is -2.16. The van der Waals surface area contributed by atoms with Gasteiger partial charge in [0.2, 0.25) is 11.9 Å². The molecule has 2 fully saturated rings. The molecule has 1 saturated heterocycles. The van der Waals surface area contributed by atoms with Crippen LogP contribution >= 0.6 is 0 Å². The molecule has 2 heterocycles. The maximum Gasteiger partial charge on any atom is 0.225 e. The molecule has 8 nitrogen and oxygen atoms in total. The van der Waals surface area contributed by atoms with Gasteiger partial charge >= 0.3 is 0 Å². The smallest absolute Gasteiger partial charge is 0.225 e. The Bertz CT molecular complexity index is 608. The van der Waals surface area contributed by atoms with Gasteiger partial charge in [0.1, 0.15) is 6.17 Å². The van der Waals surface area contributed by atoms with E-state index in [1.165, 1.54) is 6.20 Å². The van der Waals surface area contributed by atoms with Crippen LogP contribution in [0.5, 0.6) is 0 Å². The third kappa shape index (κ3) is 4.47. The quantitative estimate of drug-likeness (QED) is 0.623. The highest BCUT2D eigenvalue weighted by Crippen LogP contribution is 2.28. The minimum Gasteiger partial charge on any atom is -0.394 e. The molecule has 1 aromatic heterocycles. The predicted octanol–water partition coefficient (Wildman–Crippen LogP) is 1.05. The number of nitrogens with two attached hydrogens (primary N) is 2. The Morgan fingerprint density at radius 2 is 2.00 bits per heavy atom. The molecule has 1 aliphatic heterocycles. The van der Waals surface area contributed by atoms with Crippen LogP contribution < -0.4 is 22.1 Å². The summed E-state index contributed by atoms with van der Waals surface area (Å²) in [5, 5.41) is 6.33. The summed E-state index contributed by atoms with van der Waals surface area (Å²) in [5.41, 5.74) is 11.8. The van der Waals surface area contributed by atoms with Gasteiger partial charge in [-0.2, -0.15) is 4.98 Å². The number of nitrogens with zero attached hydrogens (tertiary/aromatic N) is 2. The van der Waals surface area contributed by atoms with Crippen molar-refractivity contribution in [2.45, 2.75) is 50.4 Å². The highest BCUT2D eigenvalue weighted by molar-refractivity contribution is 5.76. The lowest BCUT2D eigenvalue weighted by Crippen LogP contribution is -2.39. The number of halogens is 1. The van der Waals surface area contributed by atoms with Crippen LogP contribution in [0.1, 0.15) is 32.1 Å². The van der Waals surface area contributed by atoms with E-state index in [9.17, 15) is 9.18 Å². The summed E-state index contributed by atoms with van der Waals surface area (Å²) in [7, 11) is 0. The van der Waals surface area contributed by atoms with Gasteiger partial charge in [-0.3, -0.25) is 4.79 Å². The zero-order valence-corrected chi connectivity index (χ0v) is 14.1. The van der Waals surface area contributed by atoms with Crippen LogP contribution in [0.2, 0.25) is 0 Å². The number of hydrogen-bond donors (Lipinski definition) is 4. The lowest BCUT2D eigenvalue weighted by Gasteiger charge is -2.29. The standard InChI is InChI=1S/C16H25FN6O2/c17-11-8-25-6-5-13(11)22-16-20-7-12(18)15(23-16)21-10-3-1-9(2-4-10)14(19)24/h7,9-11,13H,1-6,8,18H2,(H2,19,24)(H2,20,21,22,23)/t9-,10-,11-,13-/m1/s1. The van der Waals surface area contributed by atoms with E-state index in [0.29, 0.717) is 30.5 Å². The number of amides is 1. The van der Waals surface area contributed by atoms with Crippen molar-refractivity contribution in [3.8, 4) is 0 Å². The molecule has 9 heteroatoms. The van der Waals surface area contributed by atoms with Gasteiger partial charge in [-0.05, 0) is 32.1 Å². The molecule has 0 unspecified atom stereocenters. The monoisotopic (exact) mass is 352 g/mol. The molecule has 0 radical (unpaired) electrons. The van der Waals surface area contributed by atoms with Crippen molar-refractivity contribution in [3.05, 3.63) is 6.20 Å². The van der Waals surface area contributed by atoms with Crippen molar-refractivity contribution in [3.63, 3.8) is 0 Å². The van der Waals surface area contributed by atoms with E-state index >= 15 is 0 Å². The molecule has 25 heavy (non-hydrogen) atoms. The molecule has 138 valence electrons. The fourth-order valence-electron chi connectivity index (χ4n) is 3.32. The van der Waals surface area contributed by atoms with Gasteiger partial charge in [0.25, 0.3) is 0 Å². The highest BCUT2D eigenvalue weighted by atomic mass is 19.1. The lowest BCUT2D eigenvalue weighted by molar-refractivity contribution is -0.122. The fourth-order valence-corrected chi connectivity index (χ4v) is 3.32. The van der Waals surface area contributed by atoms with Crippen molar-refractivity contribution >= 4 is 23.4 Å². The van der Waals surface area contributed by atoms with Gasteiger partial charge in [-0.1, -0.05) is 0 Å². The van der Waals surface area contributed by atoms with Crippen molar-refractivity contribution < 1.29 is 13.9 Å².